The van der Waals surface area contributed by atoms with Gasteiger partial charge in [-0.05, 0) is 44.7 Å². The fourth-order valence-corrected chi connectivity index (χ4v) is 3.85. The van der Waals surface area contributed by atoms with E-state index in [9.17, 15) is 4.79 Å². The Morgan fingerprint density at radius 2 is 1.61 bits per heavy atom. The highest BCUT2D eigenvalue weighted by Crippen LogP contribution is 2.22. The molecule has 2 aromatic rings. The van der Waals surface area contributed by atoms with Crippen LogP contribution in [0.5, 0.6) is 5.75 Å². The Hall–Kier alpha value is -2.86. The van der Waals surface area contributed by atoms with E-state index in [0.29, 0.717) is 18.7 Å². The molecule has 0 unspecified atom stereocenters. The van der Waals surface area contributed by atoms with Crippen molar-refractivity contribution in [3.63, 3.8) is 0 Å². The Morgan fingerprint density at radius 3 is 2.19 bits per heavy atom. The maximum atomic E-state index is 12.7. The molecule has 1 aliphatic rings. The monoisotopic (exact) mass is 422 g/mol. The van der Waals surface area contributed by atoms with E-state index in [1.54, 1.807) is 7.11 Å². The van der Waals surface area contributed by atoms with E-state index in [4.69, 9.17) is 9.73 Å². The maximum Gasteiger partial charge on any atom is 0.253 e. The molecule has 166 valence electrons. The summed E-state index contributed by atoms with van der Waals surface area (Å²) in [4.78, 5) is 24.3. The van der Waals surface area contributed by atoms with Gasteiger partial charge in [0.15, 0.2) is 0 Å². The first kappa shape index (κ1) is 22.8. The third-order valence-electron chi connectivity index (χ3n) is 5.85. The summed E-state index contributed by atoms with van der Waals surface area (Å²) in [5.41, 5.74) is 2.59. The van der Waals surface area contributed by atoms with Crippen molar-refractivity contribution in [2.24, 2.45) is 4.99 Å². The standard InChI is InChI=1S/C25H34N4O2/c1-5-27-15-17-29(18-16-27)24(26-22-9-8-10-23(19-22)31-4)20-11-13-21(14-12-20)25(30)28(6-2)7-3/h8-14,19H,5-7,15-18H2,1-4H3/b26-24+. The van der Waals surface area contributed by atoms with Gasteiger partial charge in [0.2, 0.25) is 0 Å². The predicted octanol–water partition coefficient (Wildman–Crippen LogP) is 3.89. The van der Waals surface area contributed by atoms with E-state index in [2.05, 4.69) is 16.7 Å². The van der Waals surface area contributed by atoms with Crippen LogP contribution in [0.15, 0.2) is 53.5 Å². The Balaban J connectivity index is 1.92. The summed E-state index contributed by atoms with van der Waals surface area (Å²) >= 11 is 0. The van der Waals surface area contributed by atoms with Crippen molar-refractivity contribution in [1.82, 2.24) is 14.7 Å². The molecule has 31 heavy (non-hydrogen) atoms. The van der Waals surface area contributed by atoms with Crippen LogP contribution in [0.1, 0.15) is 36.7 Å². The molecule has 0 spiro atoms. The van der Waals surface area contributed by atoms with E-state index in [0.717, 1.165) is 55.6 Å². The predicted molar refractivity (Wildman–Crippen MR) is 127 cm³/mol. The highest BCUT2D eigenvalue weighted by Gasteiger charge is 2.21. The molecule has 1 amide bonds. The highest BCUT2D eigenvalue weighted by molar-refractivity contribution is 6.02. The fraction of sp³-hybridized carbons (Fsp3) is 0.440. The Labute approximate surface area is 186 Å². The quantitative estimate of drug-likeness (QED) is 0.502. The van der Waals surface area contributed by atoms with Crippen LogP contribution in [0.4, 0.5) is 5.69 Å². The van der Waals surface area contributed by atoms with Gasteiger partial charge in [0.1, 0.15) is 11.6 Å². The lowest BCUT2D eigenvalue weighted by Gasteiger charge is -2.36. The molecule has 3 rings (SSSR count). The number of hydrogen-bond acceptors (Lipinski definition) is 4. The van der Waals surface area contributed by atoms with Gasteiger partial charge in [-0.1, -0.05) is 25.1 Å². The van der Waals surface area contributed by atoms with Crippen molar-refractivity contribution >= 4 is 17.4 Å². The second-order valence-electron chi connectivity index (χ2n) is 7.61. The molecular formula is C25H34N4O2. The van der Waals surface area contributed by atoms with Gasteiger partial charge in [0.05, 0.1) is 12.8 Å². The van der Waals surface area contributed by atoms with Crippen LogP contribution in [-0.4, -0.2) is 79.4 Å². The van der Waals surface area contributed by atoms with Crippen LogP contribution in [0.25, 0.3) is 0 Å². The summed E-state index contributed by atoms with van der Waals surface area (Å²) in [7, 11) is 1.67. The first-order valence-electron chi connectivity index (χ1n) is 11.2. The minimum atomic E-state index is 0.0689. The van der Waals surface area contributed by atoms with Crippen LogP contribution in [0, 0.1) is 0 Å². The van der Waals surface area contributed by atoms with Gasteiger partial charge in [-0.2, -0.15) is 0 Å². The van der Waals surface area contributed by atoms with Crippen LogP contribution in [0.3, 0.4) is 0 Å². The van der Waals surface area contributed by atoms with Crippen LogP contribution in [0.2, 0.25) is 0 Å². The summed E-state index contributed by atoms with van der Waals surface area (Å²) < 4.78 is 5.37. The molecule has 1 aliphatic heterocycles. The summed E-state index contributed by atoms with van der Waals surface area (Å²) in [6.45, 7) is 12.6. The second-order valence-corrected chi connectivity index (χ2v) is 7.61. The van der Waals surface area contributed by atoms with Gasteiger partial charge in [-0.3, -0.25) is 4.79 Å². The fourth-order valence-electron chi connectivity index (χ4n) is 3.85. The van der Waals surface area contributed by atoms with E-state index < -0.39 is 0 Å². The zero-order valence-corrected chi connectivity index (χ0v) is 19.2. The van der Waals surface area contributed by atoms with Gasteiger partial charge in [-0.15, -0.1) is 0 Å². The number of methoxy groups -OCH3 is 1. The maximum absolute atomic E-state index is 12.7. The smallest absolute Gasteiger partial charge is 0.253 e. The first-order chi connectivity index (χ1) is 15.1. The average molecular weight is 423 g/mol. The number of benzene rings is 2. The van der Waals surface area contributed by atoms with Crippen LogP contribution < -0.4 is 4.74 Å². The van der Waals surface area contributed by atoms with Crippen LogP contribution >= 0.6 is 0 Å². The van der Waals surface area contributed by atoms with E-state index >= 15 is 0 Å². The lowest BCUT2D eigenvalue weighted by Crippen LogP contribution is -2.48. The minimum Gasteiger partial charge on any atom is -0.497 e. The number of amidine groups is 1. The third kappa shape index (κ3) is 5.64. The number of likely N-dealkylation sites (N-methyl/N-ethyl adjacent to an activating group) is 1. The lowest BCUT2D eigenvalue weighted by atomic mass is 10.1. The van der Waals surface area contributed by atoms with E-state index in [1.807, 2.05) is 67.3 Å². The molecule has 6 heteroatoms. The number of carbonyl (C=O) groups is 1. The van der Waals surface area contributed by atoms with Crippen molar-refractivity contribution in [2.75, 3.05) is 52.9 Å². The zero-order chi connectivity index (χ0) is 22.2. The normalized spacial score (nSPS) is 15.1. The van der Waals surface area contributed by atoms with Gasteiger partial charge < -0.3 is 19.4 Å². The molecule has 0 aromatic heterocycles. The van der Waals surface area contributed by atoms with Gasteiger partial charge in [0.25, 0.3) is 5.91 Å². The Morgan fingerprint density at radius 1 is 0.968 bits per heavy atom. The lowest BCUT2D eigenvalue weighted by molar-refractivity contribution is 0.0773. The van der Waals surface area contributed by atoms with Crippen molar-refractivity contribution in [2.45, 2.75) is 20.8 Å². The van der Waals surface area contributed by atoms with Crippen LogP contribution in [-0.2, 0) is 0 Å². The van der Waals surface area contributed by atoms with Crippen molar-refractivity contribution < 1.29 is 9.53 Å². The topological polar surface area (TPSA) is 48.4 Å². The molecule has 0 atom stereocenters. The number of hydrogen-bond donors (Lipinski definition) is 0. The van der Waals surface area contributed by atoms with Crippen molar-refractivity contribution in [3.8, 4) is 5.75 Å². The van der Waals surface area contributed by atoms with E-state index in [1.165, 1.54) is 0 Å². The molecule has 1 heterocycles. The Bertz CT molecular complexity index is 883. The summed E-state index contributed by atoms with van der Waals surface area (Å²) in [6, 6.07) is 15.7. The third-order valence-corrected chi connectivity index (χ3v) is 5.85. The SMILES string of the molecule is CCN1CCN(/C(=N/c2cccc(OC)c2)c2ccc(C(=O)N(CC)CC)cc2)CC1. The summed E-state index contributed by atoms with van der Waals surface area (Å²) in [6.07, 6.45) is 0. The number of amides is 1. The number of piperazine rings is 1. The molecule has 2 aromatic carbocycles. The van der Waals surface area contributed by atoms with Gasteiger partial charge >= 0.3 is 0 Å². The molecule has 1 fully saturated rings. The molecule has 6 nitrogen and oxygen atoms in total. The molecule has 0 N–H and O–H groups in total. The number of ether oxygens (including phenoxy) is 1. The first-order valence-corrected chi connectivity index (χ1v) is 11.2. The molecular weight excluding hydrogens is 388 g/mol. The molecule has 0 aliphatic carbocycles. The largest absolute Gasteiger partial charge is 0.497 e. The number of carbonyl (C=O) groups excluding carboxylic acids is 1. The number of rotatable bonds is 7. The average Bonchev–Trinajstić information content (AvgIpc) is 2.83. The molecule has 0 bridgehead atoms. The summed E-state index contributed by atoms with van der Waals surface area (Å²) in [5, 5.41) is 0. The van der Waals surface area contributed by atoms with Crippen molar-refractivity contribution in [1.29, 1.82) is 0 Å². The van der Waals surface area contributed by atoms with E-state index in [-0.39, 0.29) is 5.91 Å². The Kier molecular flexibility index (Phi) is 8.06. The second kappa shape index (κ2) is 11.0. The highest BCUT2D eigenvalue weighted by atomic mass is 16.5. The number of aliphatic imine (C=N–C) groups is 1. The summed E-state index contributed by atoms with van der Waals surface area (Å²) in [5.74, 6) is 1.79. The molecule has 1 saturated heterocycles. The molecule has 0 radical (unpaired) electrons. The van der Waals surface area contributed by atoms with Gasteiger partial charge in [0, 0.05) is 56.5 Å². The minimum absolute atomic E-state index is 0.0689. The van der Waals surface area contributed by atoms with Gasteiger partial charge in [-0.25, -0.2) is 4.99 Å². The molecule has 0 saturated carbocycles. The zero-order valence-electron chi connectivity index (χ0n) is 19.2. The van der Waals surface area contributed by atoms with Crippen molar-refractivity contribution in [3.05, 3.63) is 59.7 Å². The number of nitrogens with zero attached hydrogens (tertiary/aromatic N) is 4.